The molecule has 3 aliphatic rings. The van der Waals surface area contributed by atoms with Gasteiger partial charge in [-0.2, -0.15) is 23.1 Å². The number of rotatable bonds is 12. The van der Waals surface area contributed by atoms with Gasteiger partial charge in [-0.25, -0.2) is 14.8 Å². The van der Waals surface area contributed by atoms with Gasteiger partial charge in [-0.3, -0.25) is 9.36 Å². The first-order valence-corrected chi connectivity index (χ1v) is 21.1. The SMILES string of the molecule is CCc1cc([C@H]2O[C@@H](n3cnc4c(NCC(c5ccccc5)c5ccccc5)nc(N5CC[C@@H](NC(=O)c6ccc(N7CCOCC7)nc6)C5)nc43)[C@H](O)[C@@H]2O)on1.O=C(O)C(F)(F)F. The summed E-state index contributed by atoms with van der Waals surface area (Å²) in [6.07, 6.45) is -5.19. The fourth-order valence-electron chi connectivity index (χ4n) is 7.94. The first-order chi connectivity index (χ1) is 31.4. The highest BCUT2D eigenvalue weighted by molar-refractivity contribution is 5.94. The molecule has 65 heavy (non-hydrogen) atoms. The Hall–Kier alpha value is -6.68. The van der Waals surface area contributed by atoms with Crippen molar-refractivity contribution in [1.82, 2.24) is 35.0 Å². The topological polar surface area (TPSA) is 226 Å². The fraction of sp³-hybridized carbons (Fsp3) is 0.386. The lowest BCUT2D eigenvalue weighted by Gasteiger charge is -2.27. The van der Waals surface area contributed by atoms with Gasteiger partial charge in [0.05, 0.1) is 30.8 Å². The van der Waals surface area contributed by atoms with Crippen LogP contribution in [0.25, 0.3) is 11.2 Å². The van der Waals surface area contributed by atoms with E-state index in [0.717, 1.165) is 30.0 Å². The fourth-order valence-corrected chi connectivity index (χ4v) is 7.94. The number of aliphatic hydroxyl groups excluding tert-OH is 2. The van der Waals surface area contributed by atoms with Gasteiger partial charge in [0, 0.05) is 56.9 Å². The number of anilines is 3. The molecule has 0 bridgehead atoms. The summed E-state index contributed by atoms with van der Waals surface area (Å²) in [5.41, 5.74) is 4.37. The number of ether oxygens (including phenoxy) is 2. The molecule has 0 spiro atoms. The van der Waals surface area contributed by atoms with Crippen LogP contribution in [-0.2, 0) is 20.7 Å². The number of halogens is 3. The normalized spacial score (nSPS) is 21.1. The number of aliphatic hydroxyl groups is 2. The Morgan fingerprint density at radius 1 is 0.908 bits per heavy atom. The van der Waals surface area contributed by atoms with E-state index in [1.807, 2.05) is 54.3 Å². The van der Waals surface area contributed by atoms with E-state index in [-0.39, 0.29) is 17.9 Å². The predicted octanol–water partition coefficient (Wildman–Crippen LogP) is 4.49. The van der Waals surface area contributed by atoms with Crippen LogP contribution in [0.3, 0.4) is 0 Å². The number of hydrogen-bond donors (Lipinski definition) is 5. The summed E-state index contributed by atoms with van der Waals surface area (Å²) in [6.45, 7) is 6.35. The Morgan fingerprint density at radius 2 is 1.60 bits per heavy atom. The number of alkyl halides is 3. The van der Waals surface area contributed by atoms with Crippen LogP contribution >= 0.6 is 0 Å². The maximum atomic E-state index is 13.4. The molecule has 5 atom stereocenters. The molecule has 6 aromatic rings. The maximum absolute atomic E-state index is 13.4. The van der Waals surface area contributed by atoms with Gasteiger partial charge in [0.1, 0.15) is 24.1 Å². The lowest BCUT2D eigenvalue weighted by molar-refractivity contribution is -0.192. The van der Waals surface area contributed by atoms with Crippen LogP contribution < -0.4 is 20.4 Å². The van der Waals surface area contributed by atoms with Crippen molar-refractivity contribution in [3.63, 3.8) is 0 Å². The molecule has 4 aromatic heterocycles. The van der Waals surface area contributed by atoms with E-state index in [1.165, 1.54) is 0 Å². The molecule has 3 saturated heterocycles. The Labute approximate surface area is 370 Å². The average molecular weight is 901 g/mol. The summed E-state index contributed by atoms with van der Waals surface area (Å²) in [5.74, 6) is -0.882. The van der Waals surface area contributed by atoms with Crippen LogP contribution in [0.15, 0.2) is 95.9 Å². The number of nitrogens with one attached hydrogen (secondary N) is 2. The van der Waals surface area contributed by atoms with Crippen molar-refractivity contribution in [2.24, 2.45) is 0 Å². The van der Waals surface area contributed by atoms with Crippen LogP contribution in [0.2, 0.25) is 0 Å². The zero-order chi connectivity index (χ0) is 45.7. The molecule has 0 saturated carbocycles. The number of carbonyl (C=O) groups is 2. The third kappa shape index (κ3) is 10.2. The van der Waals surface area contributed by atoms with Crippen LogP contribution in [0.5, 0.6) is 0 Å². The zero-order valence-electron chi connectivity index (χ0n) is 35.1. The monoisotopic (exact) mass is 900 g/mol. The molecule has 2 aromatic carbocycles. The number of carboxylic acids is 1. The van der Waals surface area contributed by atoms with Crippen LogP contribution in [0.4, 0.5) is 30.8 Å². The molecule has 0 aliphatic carbocycles. The number of aromatic nitrogens is 6. The van der Waals surface area contributed by atoms with Crippen molar-refractivity contribution in [3.8, 4) is 0 Å². The molecule has 9 rings (SSSR count). The second kappa shape index (κ2) is 19.6. The molecule has 1 amide bonds. The van der Waals surface area contributed by atoms with Crippen molar-refractivity contribution in [1.29, 1.82) is 0 Å². The van der Waals surface area contributed by atoms with E-state index in [1.54, 1.807) is 29.2 Å². The van der Waals surface area contributed by atoms with Crippen LogP contribution in [0, 0.1) is 0 Å². The first-order valence-electron chi connectivity index (χ1n) is 21.1. The van der Waals surface area contributed by atoms with E-state index in [0.29, 0.717) is 85.6 Å². The van der Waals surface area contributed by atoms with Crippen molar-refractivity contribution >= 4 is 40.6 Å². The Bertz CT molecular complexity index is 2500. The number of aryl methyl sites for hydroxylation is 1. The molecule has 21 heteroatoms. The second-order valence-corrected chi connectivity index (χ2v) is 15.7. The van der Waals surface area contributed by atoms with Crippen molar-refractivity contribution in [2.75, 3.05) is 61.1 Å². The highest BCUT2D eigenvalue weighted by atomic mass is 19.4. The molecule has 3 aliphatic heterocycles. The van der Waals surface area contributed by atoms with Gasteiger partial charge in [0.2, 0.25) is 5.95 Å². The number of hydrogen-bond acceptors (Lipinski definition) is 15. The maximum Gasteiger partial charge on any atom is 0.490 e. The van der Waals surface area contributed by atoms with Crippen LogP contribution in [0.1, 0.15) is 64.5 Å². The lowest BCUT2D eigenvalue weighted by atomic mass is 9.91. The summed E-state index contributed by atoms with van der Waals surface area (Å²) >= 11 is 0. The summed E-state index contributed by atoms with van der Waals surface area (Å²) < 4.78 is 50.6. The molecule has 5 N–H and O–H groups in total. The van der Waals surface area contributed by atoms with Crippen molar-refractivity contribution in [2.45, 2.75) is 62.4 Å². The molecule has 7 heterocycles. The largest absolute Gasteiger partial charge is 0.490 e. The van der Waals surface area contributed by atoms with E-state index in [2.05, 4.69) is 49.9 Å². The minimum atomic E-state index is -5.08. The number of carboxylic acid groups (broad SMARTS) is 1. The number of imidazole rings is 1. The van der Waals surface area contributed by atoms with Gasteiger partial charge in [0.15, 0.2) is 29.0 Å². The number of benzene rings is 2. The predicted molar refractivity (Wildman–Crippen MR) is 228 cm³/mol. The Morgan fingerprint density at radius 3 is 2.22 bits per heavy atom. The van der Waals surface area contributed by atoms with E-state index in [9.17, 15) is 28.2 Å². The molecule has 0 radical (unpaired) electrons. The number of aliphatic carboxylic acids is 1. The third-order valence-electron chi connectivity index (χ3n) is 11.4. The number of nitrogens with zero attached hydrogens (tertiary/aromatic N) is 8. The van der Waals surface area contributed by atoms with Gasteiger partial charge in [-0.15, -0.1) is 0 Å². The van der Waals surface area contributed by atoms with Crippen LogP contribution in [-0.4, -0.2) is 127 Å². The summed E-state index contributed by atoms with van der Waals surface area (Å²) in [4.78, 5) is 45.8. The summed E-state index contributed by atoms with van der Waals surface area (Å²) in [7, 11) is 0. The Balaban J connectivity index is 0.000000763. The Kier molecular flexibility index (Phi) is 13.5. The molecular weight excluding hydrogens is 854 g/mol. The highest BCUT2D eigenvalue weighted by Crippen LogP contribution is 2.41. The summed E-state index contributed by atoms with van der Waals surface area (Å²) in [6, 6.07) is 25.8. The number of amides is 1. The number of pyridine rings is 1. The second-order valence-electron chi connectivity index (χ2n) is 15.7. The average Bonchev–Trinajstić information content (AvgIpc) is 4.15. The molecule has 3 fully saturated rings. The standard InChI is InChI=1S/C42H46N10O6.C2HF3O2/c1-2-29-21-32(58-49-29)37-35(53)36(54)41(57-37)52-25-45-34-38(44-23-31(26-9-5-3-6-10-26)27-11-7-4-8-12-27)47-42(48-39(34)52)51-16-15-30(24-51)46-40(55)28-13-14-33(43-22-28)50-17-19-56-20-18-50;3-2(4,5)1(6)7/h3-14,21-22,25,30-31,35-37,41,53-54H,2,15-20,23-24H2,1H3,(H,46,55)(H,44,47,48);(H,6,7)/t30-,35+,36-,37-,41-;/m1./s1. The van der Waals surface area contributed by atoms with Crippen molar-refractivity contribution < 1.29 is 52.1 Å². The van der Waals surface area contributed by atoms with Gasteiger partial charge in [0.25, 0.3) is 5.91 Å². The van der Waals surface area contributed by atoms with Gasteiger partial charge >= 0.3 is 12.1 Å². The van der Waals surface area contributed by atoms with E-state index < -0.39 is 36.7 Å². The number of fused-ring (bicyclic) bond motifs is 1. The minimum absolute atomic E-state index is 0.00688. The molecule has 342 valence electrons. The number of carbonyl (C=O) groups excluding carboxylic acids is 1. The van der Waals surface area contributed by atoms with E-state index >= 15 is 0 Å². The highest BCUT2D eigenvalue weighted by Gasteiger charge is 2.47. The van der Waals surface area contributed by atoms with Gasteiger partial charge in [-0.05, 0) is 36.1 Å². The smallest absolute Gasteiger partial charge is 0.475 e. The first kappa shape index (κ1) is 44.9. The number of morpholine rings is 1. The van der Waals surface area contributed by atoms with Crippen molar-refractivity contribution in [3.05, 3.63) is 120 Å². The zero-order valence-corrected chi connectivity index (χ0v) is 35.1. The minimum Gasteiger partial charge on any atom is -0.475 e. The van der Waals surface area contributed by atoms with E-state index in [4.69, 9.17) is 38.8 Å². The van der Waals surface area contributed by atoms with Gasteiger partial charge < -0.3 is 49.7 Å². The quantitative estimate of drug-likeness (QED) is 0.114. The van der Waals surface area contributed by atoms with Gasteiger partial charge in [-0.1, -0.05) is 72.7 Å². The molecule has 18 nitrogen and oxygen atoms in total. The lowest BCUT2D eigenvalue weighted by Crippen LogP contribution is -2.38. The molecular formula is C44H47F3N10O8. The third-order valence-corrected chi connectivity index (χ3v) is 11.4. The molecule has 0 unspecified atom stereocenters. The summed E-state index contributed by atoms with van der Waals surface area (Å²) in [5, 5.41) is 40.4.